The lowest BCUT2D eigenvalue weighted by molar-refractivity contribution is -0.212. The van der Waals surface area contributed by atoms with Gasteiger partial charge in [-0.1, -0.05) is 34.3 Å². The first-order valence-corrected chi connectivity index (χ1v) is 7.20. The number of rotatable bonds is 3. The highest BCUT2D eigenvalue weighted by molar-refractivity contribution is 5.81. The van der Waals surface area contributed by atoms with Crippen LogP contribution in [0.1, 0.15) is 27.7 Å². The van der Waals surface area contributed by atoms with Gasteiger partial charge in [0.2, 0.25) is 5.79 Å². The van der Waals surface area contributed by atoms with Gasteiger partial charge in [0.25, 0.3) is 0 Å². The van der Waals surface area contributed by atoms with Gasteiger partial charge in [0, 0.05) is 11.5 Å². The highest BCUT2D eigenvalue weighted by Crippen LogP contribution is 2.75. The Morgan fingerprint density at radius 3 is 2.14 bits per heavy atom. The number of hydrogen-bond donors (Lipinski definition) is 4. The van der Waals surface area contributed by atoms with Crippen molar-refractivity contribution in [2.75, 3.05) is 0 Å². The van der Waals surface area contributed by atoms with Gasteiger partial charge in [-0.25, -0.2) is 4.79 Å². The third-order valence-electron chi connectivity index (χ3n) is 6.13. The topological polar surface area (TPSA) is 116 Å². The van der Waals surface area contributed by atoms with E-state index in [-0.39, 0.29) is 0 Å². The van der Waals surface area contributed by atoms with E-state index in [9.17, 15) is 25.2 Å². The predicted molar refractivity (Wildman–Crippen MR) is 73.4 cm³/mol. The molecule has 0 amide bonds. The van der Waals surface area contributed by atoms with Crippen molar-refractivity contribution in [2.45, 2.75) is 63.0 Å². The number of hydrogen-bond acceptors (Lipinski definition) is 7. The van der Waals surface area contributed by atoms with Crippen LogP contribution in [0.15, 0.2) is 12.7 Å². The molecule has 0 radical (unpaired) electrons. The van der Waals surface area contributed by atoms with Crippen molar-refractivity contribution in [3.63, 3.8) is 0 Å². The van der Waals surface area contributed by atoms with E-state index >= 15 is 0 Å². The van der Waals surface area contributed by atoms with Crippen LogP contribution in [-0.2, 0) is 14.3 Å². The summed E-state index contributed by atoms with van der Waals surface area (Å²) in [5, 5.41) is 42.1. The normalized spacial score (nSPS) is 53.5. The van der Waals surface area contributed by atoms with Gasteiger partial charge in [0.05, 0.1) is 11.5 Å². The van der Waals surface area contributed by atoms with E-state index in [1.807, 2.05) is 0 Å². The lowest BCUT2D eigenvalue weighted by Crippen LogP contribution is -2.51. The number of carbonyl (C=O) groups is 1. The lowest BCUT2D eigenvalue weighted by atomic mass is 9.90. The molecule has 0 aromatic carbocycles. The Balaban J connectivity index is 2.00. The molecule has 0 spiro atoms. The summed E-state index contributed by atoms with van der Waals surface area (Å²) >= 11 is 0. The molecule has 7 heteroatoms. The molecular formula is C15H22O7. The molecule has 2 saturated carbocycles. The van der Waals surface area contributed by atoms with Crippen molar-refractivity contribution in [1.29, 1.82) is 0 Å². The Morgan fingerprint density at radius 2 is 1.73 bits per heavy atom. The number of aliphatic hydroxyl groups is 4. The first-order chi connectivity index (χ1) is 9.84. The minimum atomic E-state index is -1.95. The van der Waals surface area contributed by atoms with Crippen molar-refractivity contribution in [2.24, 2.45) is 10.8 Å². The first-order valence-electron chi connectivity index (χ1n) is 7.20. The standard InChI is InChI=1S/C15H22O7/c1-6-7(16)21-9-8(13(18)10(17)11(13,2)3)22-15(20)12(4,5)14(9,15)19/h6,8-10,17-20H,1H2,2-5H3/t8-,9-,10?,13-,14-,15-/m0/s1. The molecule has 22 heavy (non-hydrogen) atoms. The second-order valence-electron chi connectivity index (χ2n) is 7.59. The zero-order valence-corrected chi connectivity index (χ0v) is 13.0. The Kier molecular flexibility index (Phi) is 2.70. The molecule has 3 aliphatic rings. The molecule has 0 aromatic rings. The maximum absolute atomic E-state index is 11.6. The predicted octanol–water partition coefficient (Wildman–Crippen LogP) is -0.926. The second-order valence-corrected chi connectivity index (χ2v) is 7.59. The van der Waals surface area contributed by atoms with E-state index < -0.39 is 52.1 Å². The van der Waals surface area contributed by atoms with Gasteiger partial charge in [-0.05, 0) is 0 Å². The van der Waals surface area contributed by atoms with Crippen LogP contribution in [0.3, 0.4) is 0 Å². The second kappa shape index (κ2) is 3.73. The molecule has 7 nitrogen and oxygen atoms in total. The molecule has 124 valence electrons. The molecule has 1 aliphatic heterocycles. The molecular weight excluding hydrogens is 292 g/mol. The van der Waals surface area contributed by atoms with Crippen LogP contribution >= 0.6 is 0 Å². The van der Waals surface area contributed by atoms with Crippen LogP contribution in [0.25, 0.3) is 0 Å². The Hall–Kier alpha value is -0.990. The molecule has 4 N–H and O–H groups in total. The highest BCUT2D eigenvalue weighted by atomic mass is 16.7. The minimum Gasteiger partial charge on any atom is -0.453 e. The quantitative estimate of drug-likeness (QED) is 0.393. The summed E-state index contributed by atoms with van der Waals surface area (Å²) in [6.45, 7) is 9.67. The van der Waals surface area contributed by atoms with Crippen LogP contribution < -0.4 is 0 Å². The average molecular weight is 314 g/mol. The fraction of sp³-hybridized carbons (Fsp3) is 0.800. The number of ether oxygens (including phenoxy) is 2. The van der Waals surface area contributed by atoms with Crippen LogP contribution in [0.2, 0.25) is 0 Å². The zero-order chi connectivity index (χ0) is 16.9. The lowest BCUT2D eigenvalue weighted by Gasteiger charge is -2.32. The Morgan fingerprint density at radius 1 is 1.23 bits per heavy atom. The van der Waals surface area contributed by atoms with Gasteiger partial charge < -0.3 is 29.9 Å². The molecule has 0 bridgehead atoms. The van der Waals surface area contributed by atoms with Gasteiger partial charge >= 0.3 is 5.97 Å². The molecule has 2 aliphatic carbocycles. The number of aliphatic hydroxyl groups excluding tert-OH is 1. The molecule has 1 saturated heterocycles. The summed E-state index contributed by atoms with van der Waals surface area (Å²) in [6.07, 6.45) is -2.77. The van der Waals surface area contributed by atoms with E-state index in [4.69, 9.17) is 9.47 Å². The number of carbonyl (C=O) groups excluding carboxylic acids is 1. The van der Waals surface area contributed by atoms with Crippen LogP contribution in [-0.4, -0.2) is 61.7 Å². The van der Waals surface area contributed by atoms with E-state index in [1.54, 1.807) is 27.7 Å². The first kappa shape index (κ1) is 15.9. The van der Waals surface area contributed by atoms with E-state index in [0.29, 0.717) is 0 Å². The summed E-state index contributed by atoms with van der Waals surface area (Å²) in [5.41, 5.74) is -5.58. The van der Waals surface area contributed by atoms with Gasteiger partial charge in [-0.15, -0.1) is 0 Å². The summed E-state index contributed by atoms with van der Waals surface area (Å²) in [5.74, 6) is -2.76. The molecule has 3 fully saturated rings. The molecule has 0 aromatic heterocycles. The van der Waals surface area contributed by atoms with Gasteiger partial charge in [0.1, 0.15) is 11.7 Å². The summed E-state index contributed by atoms with van der Waals surface area (Å²) in [4.78, 5) is 11.6. The van der Waals surface area contributed by atoms with Crippen molar-refractivity contribution >= 4 is 5.97 Å². The van der Waals surface area contributed by atoms with Crippen LogP contribution in [0.4, 0.5) is 0 Å². The highest BCUT2D eigenvalue weighted by Gasteiger charge is 2.96. The van der Waals surface area contributed by atoms with Crippen LogP contribution in [0.5, 0.6) is 0 Å². The van der Waals surface area contributed by atoms with Crippen molar-refractivity contribution in [3.8, 4) is 0 Å². The van der Waals surface area contributed by atoms with Gasteiger partial charge in [0.15, 0.2) is 11.7 Å². The molecule has 1 heterocycles. The maximum atomic E-state index is 11.6. The Labute approximate surface area is 128 Å². The van der Waals surface area contributed by atoms with Crippen LogP contribution in [0, 0.1) is 10.8 Å². The largest absolute Gasteiger partial charge is 0.453 e. The zero-order valence-electron chi connectivity index (χ0n) is 13.0. The third-order valence-corrected chi connectivity index (χ3v) is 6.13. The van der Waals surface area contributed by atoms with Gasteiger partial charge in [-0.3, -0.25) is 0 Å². The molecule has 3 rings (SSSR count). The summed E-state index contributed by atoms with van der Waals surface area (Å²) in [6, 6.07) is 0. The van der Waals surface area contributed by atoms with Crippen molar-refractivity contribution in [1.82, 2.24) is 0 Å². The fourth-order valence-corrected chi connectivity index (χ4v) is 3.98. The van der Waals surface area contributed by atoms with Crippen molar-refractivity contribution in [3.05, 3.63) is 12.7 Å². The average Bonchev–Trinajstić information content (AvgIpc) is 2.89. The summed E-state index contributed by atoms with van der Waals surface area (Å²) in [7, 11) is 0. The molecule has 6 atom stereocenters. The third kappa shape index (κ3) is 1.26. The monoisotopic (exact) mass is 314 g/mol. The number of esters is 1. The van der Waals surface area contributed by atoms with E-state index in [0.717, 1.165) is 6.08 Å². The maximum Gasteiger partial charge on any atom is 0.330 e. The van der Waals surface area contributed by atoms with Crippen molar-refractivity contribution < 1.29 is 34.7 Å². The number of fused-ring (bicyclic) bond motifs is 1. The smallest absolute Gasteiger partial charge is 0.330 e. The minimum absolute atomic E-state index is 0.810. The fourth-order valence-electron chi connectivity index (χ4n) is 3.98. The SMILES string of the molecule is C=CC(=O)O[C@H]1[C@@H]([C@]2(O)C(O)C2(C)C)O[C@@]2(O)C(C)(C)[C@@]12O. The van der Waals surface area contributed by atoms with Gasteiger partial charge in [-0.2, -0.15) is 0 Å². The van der Waals surface area contributed by atoms with E-state index in [2.05, 4.69) is 6.58 Å². The Bertz CT molecular complexity index is 570. The summed E-state index contributed by atoms with van der Waals surface area (Å²) < 4.78 is 10.7. The van der Waals surface area contributed by atoms with E-state index in [1.165, 1.54) is 0 Å². The molecule has 1 unspecified atom stereocenters.